The van der Waals surface area contributed by atoms with Gasteiger partial charge in [-0.15, -0.1) is 0 Å². The van der Waals surface area contributed by atoms with Gasteiger partial charge >= 0.3 is 12.1 Å². The lowest BCUT2D eigenvalue weighted by Gasteiger charge is -2.38. The van der Waals surface area contributed by atoms with Gasteiger partial charge in [0, 0.05) is 18.0 Å². The van der Waals surface area contributed by atoms with Crippen molar-refractivity contribution in [1.29, 1.82) is 0 Å². The Kier molecular flexibility index (Phi) is 7.64. The zero-order valence-corrected chi connectivity index (χ0v) is 19.8. The van der Waals surface area contributed by atoms with Gasteiger partial charge in [-0.2, -0.15) is 0 Å². The summed E-state index contributed by atoms with van der Waals surface area (Å²) in [6.07, 6.45) is 0.211. The average Bonchev–Trinajstić information content (AvgIpc) is 2.73. The first-order valence-electron chi connectivity index (χ1n) is 10.9. The van der Waals surface area contributed by atoms with Crippen LogP contribution in [-0.4, -0.2) is 46.2 Å². The fraction of sp³-hybridized carbons (Fsp3) is 0.400. The van der Waals surface area contributed by atoms with Gasteiger partial charge in [0.1, 0.15) is 11.6 Å². The largest absolute Gasteiger partial charge is 0.480 e. The van der Waals surface area contributed by atoms with Crippen LogP contribution in [-0.2, 0) is 27.2 Å². The van der Waals surface area contributed by atoms with Gasteiger partial charge in [-0.3, -0.25) is 4.79 Å². The van der Waals surface area contributed by atoms with Gasteiger partial charge in [-0.05, 0) is 56.0 Å². The maximum atomic E-state index is 13.0. The van der Waals surface area contributed by atoms with Gasteiger partial charge in [0.2, 0.25) is 5.91 Å². The minimum atomic E-state index is -1.13. The summed E-state index contributed by atoms with van der Waals surface area (Å²) >= 11 is 5.90. The number of amides is 2. The van der Waals surface area contributed by atoms with E-state index in [2.05, 4.69) is 5.32 Å². The van der Waals surface area contributed by atoms with Crippen LogP contribution in [0.15, 0.2) is 48.5 Å². The maximum Gasteiger partial charge on any atom is 0.410 e. The zero-order valence-electron chi connectivity index (χ0n) is 19.0. The number of ether oxygens (including phenoxy) is 1. The van der Waals surface area contributed by atoms with Gasteiger partial charge in [-0.25, -0.2) is 9.59 Å². The quantitative estimate of drug-likeness (QED) is 0.650. The van der Waals surface area contributed by atoms with Crippen LogP contribution in [0.1, 0.15) is 49.9 Å². The minimum absolute atomic E-state index is 0.0688. The number of hydrogen-bond acceptors (Lipinski definition) is 4. The van der Waals surface area contributed by atoms with E-state index in [1.165, 1.54) is 0 Å². The number of aliphatic carboxylic acids is 1. The second kappa shape index (κ2) is 10.3. The molecule has 33 heavy (non-hydrogen) atoms. The summed E-state index contributed by atoms with van der Waals surface area (Å²) in [5.41, 5.74) is 2.00. The van der Waals surface area contributed by atoms with E-state index < -0.39 is 35.7 Å². The molecule has 176 valence electrons. The number of halogens is 1. The predicted molar refractivity (Wildman–Crippen MR) is 125 cm³/mol. The van der Waals surface area contributed by atoms with Crippen LogP contribution in [0.3, 0.4) is 0 Å². The van der Waals surface area contributed by atoms with E-state index in [1.807, 2.05) is 24.3 Å². The van der Waals surface area contributed by atoms with E-state index in [-0.39, 0.29) is 12.8 Å². The summed E-state index contributed by atoms with van der Waals surface area (Å²) in [6, 6.07) is 12.8. The molecule has 0 aliphatic carbocycles. The highest BCUT2D eigenvalue weighted by atomic mass is 35.5. The molecule has 0 unspecified atom stereocenters. The Morgan fingerprint density at radius 3 is 2.45 bits per heavy atom. The summed E-state index contributed by atoms with van der Waals surface area (Å²) in [7, 11) is 0. The summed E-state index contributed by atoms with van der Waals surface area (Å²) < 4.78 is 5.56. The number of nitrogens with one attached hydrogen (secondary N) is 1. The number of fused-ring (bicyclic) bond motifs is 1. The van der Waals surface area contributed by atoms with Gasteiger partial charge in [0.25, 0.3) is 0 Å². The molecule has 7 nitrogen and oxygen atoms in total. The molecule has 1 heterocycles. The predicted octanol–water partition coefficient (Wildman–Crippen LogP) is 4.38. The molecule has 0 spiro atoms. The fourth-order valence-electron chi connectivity index (χ4n) is 3.90. The van der Waals surface area contributed by atoms with Gasteiger partial charge in [-0.1, -0.05) is 48.0 Å². The molecule has 3 rings (SSSR count). The van der Waals surface area contributed by atoms with Gasteiger partial charge < -0.3 is 20.1 Å². The first-order chi connectivity index (χ1) is 15.5. The molecule has 0 fully saturated rings. The van der Waals surface area contributed by atoms with E-state index in [4.69, 9.17) is 16.3 Å². The van der Waals surface area contributed by atoms with E-state index in [9.17, 15) is 19.5 Å². The van der Waals surface area contributed by atoms with Crippen molar-refractivity contribution in [3.63, 3.8) is 0 Å². The monoisotopic (exact) mass is 472 g/mol. The van der Waals surface area contributed by atoms with Crippen LogP contribution in [0.25, 0.3) is 0 Å². The molecular weight excluding hydrogens is 444 g/mol. The number of rotatable bonds is 6. The number of carboxylic acids is 1. The Bertz CT molecular complexity index is 1020. The van der Waals surface area contributed by atoms with Crippen LogP contribution in [0.5, 0.6) is 0 Å². The van der Waals surface area contributed by atoms with Crippen molar-refractivity contribution in [3.8, 4) is 0 Å². The van der Waals surface area contributed by atoms with Crippen LogP contribution < -0.4 is 5.32 Å². The third-order valence-corrected chi connectivity index (χ3v) is 5.66. The lowest BCUT2D eigenvalue weighted by molar-refractivity contribution is -0.142. The van der Waals surface area contributed by atoms with Crippen molar-refractivity contribution in [1.82, 2.24) is 10.2 Å². The van der Waals surface area contributed by atoms with Crippen molar-refractivity contribution in [2.45, 2.75) is 57.7 Å². The van der Waals surface area contributed by atoms with Gasteiger partial charge in [0.15, 0.2) is 0 Å². The Hall–Kier alpha value is -3.06. The first kappa shape index (κ1) is 24.6. The Morgan fingerprint density at radius 2 is 1.82 bits per heavy atom. The molecular formula is C25H29ClN2O5. The van der Waals surface area contributed by atoms with Crippen molar-refractivity contribution in [2.24, 2.45) is 0 Å². The number of hydrogen-bond donors (Lipinski definition) is 2. The molecule has 0 radical (unpaired) electrons. The molecule has 0 saturated heterocycles. The Balaban J connectivity index is 1.77. The molecule has 1 aliphatic rings. The minimum Gasteiger partial charge on any atom is -0.480 e. The zero-order chi connectivity index (χ0) is 24.2. The van der Waals surface area contributed by atoms with Gasteiger partial charge in [0.05, 0.1) is 12.5 Å². The molecule has 2 atom stereocenters. The summed E-state index contributed by atoms with van der Waals surface area (Å²) in [5, 5.41) is 12.8. The van der Waals surface area contributed by atoms with Crippen LogP contribution in [0.4, 0.5) is 4.79 Å². The molecule has 0 saturated carbocycles. The lowest BCUT2D eigenvalue weighted by Crippen LogP contribution is -2.47. The van der Waals surface area contributed by atoms with Crippen LogP contribution in [0, 0.1) is 0 Å². The molecule has 0 bridgehead atoms. The number of carboxylic acid groups (broad SMARTS) is 1. The lowest BCUT2D eigenvalue weighted by atomic mass is 9.90. The highest BCUT2D eigenvalue weighted by Crippen LogP contribution is 2.33. The molecule has 8 heteroatoms. The standard InChI is InChI=1S/C25H29ClN2O5/c1-25(2,3)33-24(32)28-13-12-17-6-4-5-7-19(17)21(28)15-22(29)27-20(23(30)31)14-16-8-10-18(26)11-9-16/h4-11,20-21H,12-15H2,1-3H3,(H,27,29)(H,30,31)/t20-,21-/m1/s1. The van der Waals surface area contributed by atoms with E-state index in [0.717, 1.165) is 16.7 Å². The van der Waals surface area contributed by atoms with Crippen molar-refractivity contribution >= 4 is 29.6 Å². The third-order valence-electron chi connectivity index (χ3n) is 5.41. The average molecular weight is 473 g/mol. The maximum absolute atomic E-state index is 13.0. The van der Waals surface area contributed by atoms with E-state index >= 15 is 0 Å². The van der Waals surface area contributed by atoms with Crippen molar-refractivity contribution in [2.75, 3.05) is 6.54 Å². The molecule has 2 amide bonds. The van der Waals surface area contributed by atoms with E-state index in [0.29, 0.717) is 18.0 Å². The summed E-state index contributed by atoms with van der Waals surface area (Å²) in [6.45, 7) is 5.78. The Labute approximate surface area is 198 Å². The number of nitrogens with zero attached hydrogens (tertiary/aromatic N) is 1. The third kappa shape index (κ3) is 6.71. The highest BCUT2D eigenvalue weighted by Gasteiger charge is 2.35. The normalized spacial score (nSPS) is 16.5. The number of carbonyl (C=O) groups excluding carboxylic acids is 2. The second-order valence-electron chi connectivity index (χ2n) is 9.13. The van der Waals surface area contributed by atoms with E-state index in [1.54, 1.807) is 49.9 Å². The highest BCUT2D eigenvalue weighted by molar-refractivity contribution is 6.30. The molecule has 0 aromatic heterocycles. The SMILES string of the molecule is CC(C)(C)OC(=O)N1CCc2ccccc2[C@H]1CC(=O)N[C@H](Cc1ccc(Cl)cc1)C(=O)O. The molecule has 1 aliphatic heterocycles. The van der Waals surface area contributed by atoms with Crippen LogP contribution in [0.2, 0.25) is 5.02 Å². The smallest absolute Gasteiger partial charge is 0.410 e. The topological polar surface area (TPSA) is 95.9 Å². The fourth-order valence-corrected chi connectivity index (χ4v) is 4.02. The number of carbonyl (C=O) groups is 3. The number of benzene rings is 2. The van der Waals surface area contributed by atoms with Crippen molar-refractivity contribution in [3.05, 3.63) is 70.2 Å². The molecule has 2 aromatic carbocycles. The molecule has 2 N–H and O–H groups in total. The molecule has 2 aromatic rings. The summed E-state index contributed by atoms with van der Waals surface area (Å²) in [5.74, 6) is -1.59. The summed E-state index contributed by atoms with van der Waals surface area (Å²) in [4.78, 5) is 39.2. The van der Waals surface area contributed by atoms with Crippen LogP contribution >= 0.6 is 11.6 Å². The van der Waals surface area contributed by atoms with Crippen molar-refractivity contribution < 1.29 is 24.2 Å². The second-order valence-corrected chi connectivity index (χ2v) is 9.57. The Morgan fingerprint density at radius 1 is 1.15 bits per heavy atom. The first-order valence-corrected chi connectivity index (χ1v) is 11.3.